The number of amides is 2. The summed E-state index contributed by atoms with van der Waals surface area (Å²) in [6.07, 6.45) is -0.333. The number of ether oxygens (including phenoxy) is 3. The van der Waals surface area contributed by atoms with Crippen LogP contribution in [0.5, 0.6) is 11.5 Å². The molecule has 7 heteroatoms. The Morgan fingerprint density at radius 1 is 1.00 bits per heavy atom. The molecule has 2 N–H and O–H groups in total. The number of carbonyl (C=O) groups is 2. The summed E-state index contributed by atoms with van der Waals surface area (Å²) in [4.78, 5) is 25.4. The molecule has 0 saturated heterocycles. The van der Waals surface area contributed by atoms with Gasteiger partial charge in [-0.15, -0.1) is 0 Å². The highest BCUT2D eigenvalue weighted by Gasteiger charge is 2.25. The molecule has 0 bridgehead atoms. The van der Waals surface area contributed by atoms with Gasteiger partial charge in [-0.25, -0.2) is 4.79 Å². The summed E-state index contributed by atoms with van der Waals surface area (Å²) in [7, 11) is 3.08. The van der Waals surface area contributed by atoms with E-state index in [1.807, 2.05) is 37.3 Å². The van der Waals surface area contributed by atoms with Gasteiger partial charge in [0.25, 0.3) is 0 Å². The predicted octanol–water partition coefficient (Wildman–Crippen LogP) is 4.09. The van der Waals surface area contributed by atoms with E-state index in [0.29, 0.717) is 23.6 Å². The molecule has 0 aliphatic heterocycles. The minimum atomic E-state index is -0.824. The van der Waals surface area contributed by atoms with Crippen LogP contribution >= 0.6 is 0 Å². The van der Waals surface area contributed by atoms with E-state index in [9.17, 15) is 9.59 Å². The monoisotopic (exact) mass is 414 g/mol. The Bertz CT molecular complexity index is 875. The van der Waals surface area contributed by atoms with Crippen LogP contribution in [0.2, 0.25) is 0 Å². The zero-order chi connectivity index (χ0) is 22.3. The van der Waals surface area contributed by atoms with Crippen LogP contribution in [-0.2, 0) is 16.0 Å². The first kappa shape index (κ1) is 23.1. The van der Waals surface area contributed by atoms with E-state index in [4.69, 9.17) is 14.2 Å². The second kappa shape index (κ2) is 10.0. The summed E-state index contributed by atoms with van der Waals surface area (Å²) in [5, 5.41) is 5.56. The highest BCUT2D eigenvalue weighted by Crippen LogP contribution is 2.33. The van der Waals surface area contributed by atoms with Crippen molar-refractivity contribution in [2.45, 2.75) is 45.8 Å². The predicted molar refractivity (Wildman–Crippen MR) is 116 cm³/mol. The Labute approximate surface area is 177 Å². The van der Waals surface area contributed by atoms with Crippen molar-refractivity contribution in [1.29, 1.82) is 0 Å². The Balaban J connectivity index is 2.24. The van der Waals surface area contributed by atoms with Gasteiger partial charge >= 0.3 is 6.09 Å². The summed E-state index contributed by atoms with van der Waals surface area (Å²) in [5.74, 6) is 0.707. The fraction of sp³-hybridized carbons (Fsp3) is 0.391. The molecular weight excluding hydrogens is 384 g/mol. The fourth-order valence-corrected chi connectivity index (χ4v) is 2.84. The molecule has 0 radical (unpaired) electrons. The van der Waals surface area contributed by atoms with E-state index in [0.717, 1.165) is 11.1 Å². The van der Waals surface area contributed by atoms with Gasteiger partial charge in [-0.1, -0.05) is 30.3 Å². The van der Waals surface area contributed by atoms with Crippen molar-refractivity contribution in [1.82, 2.24) is 5.32 Å². The molecule has 0 saturated carbocycles. The van der Waals surface area contributed by atoms with Crippen LogP contribution in [0.25, 0.3) is 0 Å². The van der Waals surface area contributed by atoms with Gasteiger partial charge in [0.2, 0.25) is 5.91 Å². The number of nitrogens with one attached hydrogen (secondary N) is 2. The maximum absolute atomic E-state index is 13.1. The standard InChI is InChI=1S/C23H30N2O5/c1-15-12-19(28-5)20(29-6)14-17(15)24-21(26)18(13-16-10-8-7-9-11-16)25-22(27)30-23(2,3)4/h7-12,14,18H,13H2,1-6H3,(H,24,26)(H,25,27)/t18-/m0/s1. The first-order chi connectivity index (χ1) is 14.1. The maximum atomic E-state index is 13.1. The van der Waals surface area contributed by atoms with Gasteiger partial charge < -0.3 is 24.8 Å². The van der Waals surface area contributed by atoms with Crippen LogP contribution < -0.4 is 20.1 Å². The van der Waals surface area contributed by atoms with Crippen LogP contribution in [0.4, 0.5) is 10.5 Å². The number of alkyl carbamates (subject to hydrolysis) is 1. The summed E-state index contributed by atoms with van der Waals surface area (Å²) in [6, 6.07) is 12.1. The molecule has 0 heterocycles. The van der Waals surface area contributed by atoms with Gasteiger partial charge in [0.15, 0.2) is 11.5 Å². The molecule has 0 aromatic heterocycles. The second-order valence-electron chi connectivity index (χ2n) is 7.90. The average molecular weight is 415 g/mol. The number of hydrogen-bond acceptors (Lipinski definition) is 5. The van der Waals surface area contributed by atoms with Crippen LogP contribution in [0.15, 0.2) is 42.5 Å². The normalized spacial score (nSPS) is 11.9. The van der Waals surface area contributed by atoms with Crippen molar-refractivity contribution >= 4 is 17.7 Å². The molecule has 0 spiro atoms. The summed E-state index contributed by atoms with van der Waals surface area (Å²) in [5.41, 5.74) is 1.62. The summed E-state index contributed by atoms with van der Waals surface area (Å²) >= 11 is 0. The molecule has 2 rings (SSSR count). The SMILES string of the molecule is COc1cc(C)c(NC(=O)[C@H](Cc2ccccc2)NC(=O)OC(C)(C)C)cc1OC. The van der Waals surface area contributed by atoms with Crippen molar-refractivity contribution in [3.8, 4) is 11.5 Å². The smallest absolute Gasteiger partial charge is 0.408 e. The van der Waals surface area contributed by atoms with Crippen molar-refractivity contribution in [3.63, 3.8) is 0 Å². The minimum Gasteiger partial charge on any atom is -0.493 e. The lowest BCUT2D eigenvalue weighted by molar-refractivity contribution is -0.118. The average Bonchev–Trinajstić information content (AvgIpc) is 2.68. The Morgan fingerprint density at radius 3 is 2.17 bits per heavy atom. The molecule has 30 heavy (non-hydrogen) atoms. The number of anilines is 1. The van der Waals surface area contributed by atoms with E-state index in [1.165, 1.54) is 7.11 Å². The van der Waals surface area contributed by atoms with Crippen molar-refractivity contribution in [3.05, 3.63) is 53.6 Å². The first-order valence-electron chi connectivity index (χ1n) is 9.70. The molecule has 0 fully saturated rings. The zero-order valence-electron chi connectivity index (χ0n) is 18.4. The third kappa shape index (κ3) is 6.69. The quantitative estimate of drug-likeness (QED) is 0.713. The van der Waals surface area contributed by atoms with Crippen LogP contribution in [0, 0.1) is 6.92 Å². The summed E-state index contributed by atoms with van der Waals surface area (Å²) in [6.45, 7) is 7.16. The van der Waals surface area contributed by atoms with Gasteiger partial charge in [-0.3, -0.25) is 4.79 Å². The van der Waals surface area contributed by atoms with Crippen LogP contribution in [-0.4, -0.2) is 37.9 Å². The van der Waals surface area contributed by atoms with E-state index in [-0.39, 0.29) is 5.91 Å². The van der Waals surface area contributed by atoms with E-state index >= 15 is 0 Å². The number of benzene rings is 2. The van der Waals surface area contributed by atoms with Crippen molar-refractivity contribution in [2.75, 3.05) is 19.5 Å². The molecule has 7 nitrogen and oxygen atoms in total. The number of rotatable bonds is 7. The number of aryl methyl sites for hydroxylation is 1. The fourth-order valence-electron chi connectivity index (χ4n) is 2.84. The highest BCUT2D eigenvalue weighted by atomic mass is 16.6. The van der Waals surface area contributed by atoms with Crippen molar-refractivity contribution in [2.24, 2.45) is 0 Å². The first-order valence-corrected chi connectivity index (χ1v) is 9.70. The third-order valence-electron chi connectivity index (χ3n) is 4.28. The lowest BCUT2D eigenvalue weighted by atomic mass is 10.0. The second-order valence-corrected chi connectivity index (χ2v) is 7.90. The molecule has 162 valence electrons. The van der Waals surface area contributed by atoms with Gasteiger partial charge in [0.05, 0.1) is 14.2 Å². The third-order valence-corrected chi connectivity index (χ3v) is 4.28. The Morgan fingerprint density at radius 2 is 1.60 bits per heavy atom. The van der Waals surface area contributed by atoms with Gasteiger partial charge in [-0.05, 0) is 44.9 Å². The molecule has 2 aromatic rings. The molecule has 2 aromatic carbocycles. The zero-order valence-corrected chi connectivity index (χ0v) is 18.4. The number of hydrogen-bond donors (Lipinski definition) is 2. The minimum absolute atomic E-state index is 0.318. The lowest BCUT2D eigenvalue weighted by Gasteiger charge is -2.24. The van der Waals surface area contributed by atoms with Crippen LogP contribution in [0.1, 0.15) is 31.9 Å². The molecule has 2 amide bonds. The molecule has 0 unspecified atom stereocenters. The Kier molecular flexibility index (Phi) is 7.69. The van der Waals surface area contributed by atoms with E-state index in [2.05, 4.69) is 10.6 Å². The number of carbonyl (C=O) groups excluding carboxylic acids is 2. The van der Waals surface area contributed by atoms with Gasteiger partial charge in [-0.2, -0.15) is 0 Å². The van der Waals surface area contributed by atoms with E-state index < -0.39 is 17.7 Å². The molecule has 0 aliphatic carbocycles. The Hall–Kier alpha value is -3.22. The van der Waals surface area contributed by atoms with E-state index in [1.54, 1.807) is 40.0 Å². The number of methoxy groups -OCH3 is 2. The van der Waals surface area contributed by atoms with Crippen molar-refractivity contribution < 1.29 is 23.8 Å². The molecule has 1 atom stereocenters. The van der Waals surface area contributed by atoms with Gasteiger partial charge in [0.1, 0.15) is 11.6 Å². The largest absolute Gasteiger partial charge is 0.493 e. The maximum Gasteiger partial charge on any atom is 0.408 e. The van der Waals surface area contributed by atoms with Crippen LogP contribution in [0.3, 0.4) is 0 Å². The lowest BCUT2D eigenvalue weighted by Crippen LogP contribution is -2.47. The van der Waals surface area contributed by atoms with Gasteiger partial charge in [0, 0.05) is 18.2 Å². The molecular formula is C23H30N2O5. The summed E-state index contributed by atoms with van der Waals surface area (Å²) < 4.78 is 15.9. The highest BCUT2D eigenvalue weighted by molar-refractivity contribution is 5.97. The topological polar surface area (TPSA) is 85.9 Å². The molecule has 0 aliphatic rings.